The Morgan fingerprint density at radius 3 is 2.30 bits per heavy atom. The highest BCUT2D eigenvalue weighted by atomic mass is 16.3. The minimum Gasteiger partial charge on any atom is -0.507 e. The molecule has 0 saturated carbocycles. The van der Waals surface area contributed by atoms with Crippen LogP contribution in [0.5, 0.6) is 5.75 Å². The summed E-state index contributed by atoms with van der Waals surface area (Å²) in [5.41, 5.74) is 7.41. The van der Waals surface area contributed by atoms with Crippen molar-refractivity contribution in [3.8, 4) is 5.75 Å². The van der Waals surface area contributed by atoms with Crippen molar-refractivity contribution in [2.75, 3.05) is 0 Å². The number of hydrogen-bond donors (Lipinski definition) is 3. The van der Waals surface area contributed by atoms with Crippen molar-refractivity contribution in [1.29, 1.82) is 0 Å². The predicted molar refractivity (Wildman–Crippen MR) is 78.8 cm³/mol. The van der Waals surface area contributed by atoms with Crippen molar-refractivity contribution in [3.05, 3.63) is 71.8 Å². The number of carbonyl (C=O) groups excluding carboxylic acids is 1. The highest BCUT2D eigenvalue weighted by Crippen LogP contribution is 2.15. The summed E-state index contributed by atoms with van der Waals surface area (Å²) < 4.78 is 0. The molecule has 0 spiro atoms. The molecule has 2 aromatic carbocycles. The molecule has 0 atom stereocenters. The monoisotopic (exact) mass is 268 g/mol. The van der Waals surface area contributed by atoms with Gasteiger partial charge < -0.3 is 5.11 Å². The average molecular weight is 268 g/mol. The van der Waals surface area contributed by atoms with E-state index in [1.165, 1.54) is 6.07 Å². The molecule has 0 radical (unpaired) electrons. The molecular formula is C16H16N2O2. The van der Waals surface area contributed by atoms with Gasteiger partial charge in [-0.3, -0.25) is 15.6 Å². The molecule has 0 fully saturated rings. The van der Waals surface area contributed by atoms with E-state index in [9.17, 15) is 9.90 Å². The third-order valence-corrected chi connectivity index (χ3v) is 2.83. The molecule has 4 nitrogen and oxygen atoms in total. The van der Waals surface area contributed by atoms with E-state index in [0.29, 0.717) is 0 Å². The van der Waals surface area contributed by atoms with Crippen LogP contribution in [0.25, 0.3) is 5.70 Å². The van der Waals surface area contributed by atoms with Gasteiger partial charge in [-0.15, -0.1) is 0 Å². The molecule has 0 aliphatic rings. The Labute approximate surface area is 117 Å². The summed E-state index contributed by atoms with van der Waals surface area (Å²) >= 11 is 0. The molecule has 2 aromatic rings. The van der Waals surface area contributed by atoms with Crippen LogP contribution in [0.2, 0.25) is 0 Å². The first-order valence-corrected chi connectivity index (χ1v) is 6.28. The first kappa shape index (κ1) is 13.7. The molecule has 3 N–H and O–H groups in total. The molecule has 4 heteroatoms. The number of para-hydroxylation sites is 1. The molecule has 0 bridgehead atoms. The van der Waals surface area contributed by atoms with E-state index in [4.69, 9.17) is 0 Å². The van der Waals surface area contributed by atoms with Gasteiger partial charge >= 0.3 is 0 Å². The number of benzene rings is 2. The number of phenolic OH excluding ortho intramolecular Hbond substituents is 1. The molecule has 20 heavy (non-hydrogen) atoms. The number of hydrazine groups is 1. The molecule has 2 rings (SSSR count). The standard InChI is InChI=1S/C16H16N2O2/c1-2-14(12-8-4-3-5-9-12)17-18-16(20)13-10-6-7-11-15(13)19/h2-11,17,19H,1H3,(H,18,20). The van der Waals surface area contributed by atoms with Gasteiger partial charge in [0.25, 0.3) is 5.91 Å². The largest absolute Gasteiger partial charge is 0.507 e. The van der Waals surface area contributed by atoms with E-state index in [1.54, 1.807) is 18.2 Å². The van der Waals surface area contributed by atoms with Gasteiger partial charge in [-0.2, -0.15) is 0 Å². The molecule has 0 heterocycles. The van der Waals surface area contributed by atoms with Gasteiger partial charge in [-0.05, 0) is 24.6 Å². The van der Waals surface area contributed by atoms with Gasteiger partial charge in [0.2, 0.25) is 0 Å². The summed E-state index contributed by atoms with van der Waals surface area (Å²) in [6.45, 7) is 1.88. The molecule has 0 aliphatic heterocycles. The first-order valence-electron chi connectivity index (χ1n) is 6.28. The van der Waals surface area contributed by atoms with Crippen LogP contribution in [-0.2, 0) is 0 Å². The lowest BCUT2D eigenvalue weighted by atomic mass is 10.1. The lowest BCUT2D eigenvalue weighted by molar-refractivity contribution is 0.0940. The maximum Gasteiger partial charge on any atom is 0.273 e. The van der Waals surface area contributed by atoms with E-state index in [2.05, 4.69) is 10.9 Å². The fourth-order valence-electron chi connectivity index (χ4n) is 1.79. The number of phenols is 1. The van der Waals surface area contributed by atoms with Crippen LogP contribution in [0.1, 0.15) is 22.8 Å². The normalized spacial score (nSPS) is 10.9. The second kappa shape index (κ2) is 6.43. The maximum atomic E-state index is 12.0. The molecule has 0 aliphatic carbocycles. The molecule has 0 unspecified atom stereocenters. The zero-order chi connectivity index (χ0) is 14.4. The van der Waals surface area contributed by atoms with E-state index in [-0.39, 0.29) is 11.3 Å². The van der Waals surface area contributed by atoms with Crippen molar-refractivity contribution >= 4 is 11.6 Å². The summed E-state index contributed by atoms with van der Waals surface area (Å²) in [6.07, 6.45) is 1.86. The zero-order valence-corrected chi connectivity index (χ0v) is 11.1. The zero-order valence-electron chi connectivity index (χ0n) is 11.1. The van der Waals surface area contributed by atoms with Gasteiger partial charge in [-0.1, -0.05) is 48.5 Å². The fraction of sp³-hybridized carbons (Fsp3) is 0.0625. The van der Waals surface area contributed by atoms with Crippen molar-refractivity contribution in [2.24, 2.45) is 0 Å². The number of aromatic hydroxyl groups is 1. The van der Waals surface area contributed by atoms with Gasteiger partial charge in [0, 0.05) is 0 Å². The highest BCUT2D eigenvalue weighted by Gasteiger charge is 2.10. The van der Waals surface area contributed by atoms with Crippen molar-refractivity contribution in [1.82, 2.24) is 10.9 Å². The molecular weight excluding hydrogens is 252 g/mol. The number of amides is 1. The second-order valence-electron chi connectivity index (χ2n) is 4.16. The Kier molecular flexibility index (Phi) is 4.39. The summed E-state index contributed by atoms with van der Waals surface area (Å²) in [6, 6.07) is 16.0. The van der Waals surface area contributed by atoms with Crippen LogP contribution >= 0.6 is 0 Å². The Bertz CT molecular complexity index is 621. The van der Waals surface area contributed by atoms with E-state index < -0.39 is 5.91 Å². The second-order valence-corrected chi connectivity index (χ2v) is 4.16. The lowest BCUT2D eigenvalue weighted by Crippen LogP contribution is -2.36. The number of carbonyl (C=O) groups is 1. The van der Waals surface area contributed by atoms with Crippen LogP contribution in [0, 0.1) is 0 Å². The molecule has 102 valence electrons. The summed E-state index contributed by atoms with van der Waals surface area (Å²) in [5, 5.41) is 9.62. The van der Waals surface area contributed by atoms with Crippen LogP contribution in [0.15, 0.2) is 60.7 Å². The third kappa shape index (κ3) is 3.17. The Morgan fingerprint density at radius 2 is 1.65 bits per heavy atom. The number of nitrogens with one attached hydrogen (secondary N) is 2. The van der Waals surface area contributed by atoms with Gasteiger partial charge in [0.05, 0.1) is 11.3 Å². The molecule has 0 aromatic heterocycles. The molecule has 0 saturated heterocycles. The van der Waals surface area contributed by atoms with Gasteiger partial charge in [0.1, 0.15) is 5.75 Å². The number of rotatable bonds is 4. The average Bonchev–Trinajstić information content (AvgIpc) is 2.49. The summed E-state index contributed by atoms with van der Waals surface area (Å²) in [7, 11) is 0. The Balaban J connectivity index is 2.05. The van der Waals surface area contributed by atoms with E-state index in [1.807, 2.05) is 43.3 Å². The predicted octanol–water partition coefficient (Wildman–Crippen LogP) is 2.69. The van der Waals surface area contributed by atoms with Crippen molar-refractivity contribution in [2.45, 2.75) is 6.92 Å². The van der Waals surface area contributed by atoms with Crippen molar-refractivity contribution < 1.29 is 9.90 Å². The summed E-state index contributed by atoms with van der Waals surface area (Å²) in [4.78, 5) is 12.0. The van der Waals surface area contributed by atoms with Gasteiger partial charge in [0.15, 0.2) is 0 Å². The first-order chi connectivity index (χ1) is 9.72. The SMILES string of the molecule is CC=C(NNC(=O)c1ccccc1O)c1ccccc1. The minimum absolute atomic E-state index is 0.0476. The molecule has 1 amide bonds. The van der Waals surface area contributed by atoms with Crippen LogP contribution < -0.4 is 10.9 Å². The topological polar surface area (TPSA) is 61.4 Å². The highest BCUT2D eigenvalue weighted by molar-refractivity contribution is 5.96. The number of hydrogen-bond acceptors (Lipinski definition) is 3. The summed E-state index contributed by atoms with van der Waals surface area (Å²) in [5.74, 6) is -0.438. The maximum absolute atomic E-state index is 12.0. The van der Waals surface area contributed by atoms with Crippen molar-refractivity contribution in [3.63, 3.8) is 0 Å². The fourth-order valence-corrected chi connectivity index (χ4v) is 1.79. The lowest BCUT2D eigenvalue weighted by Gasteiger charge is -2.12. The number of allylic oxidation sites excluding steroid dienone is 1. The quantitative estimate of drug-likeness (QED) is 0.747. The van der Waals surface area contributed by atoms with Gasteiger partial charge in [-0.25, -0.2) is 0 Å². The van der Waals surface area contributed by atoms with Crippen LogP contribution in [0.3, 0.4) is 0 Å². The van der Waals surface area contributed by atoms with E-state index in [0.717, 1.165) is 11.3 Å². The minimum atomic E-state index is -0.390. The van der Waals surface area contributed by atoms with E-state index >= 15 is 0 Å². The van der Waals surface area contributed by atoms with Crippen LogP contribution in [-0.4, -0.2) is 11.0 Å². The van der Waals surface area contributed by atoms with Crippen LogP contribution in [0.4, 0.5) is 0 Å². The Hall–Kier alpha value is -2.75. The smallest absolute Gasteiger partial charge is 0.273 e. The Morgan fingerprint density at radius 1 is 1.00 bits per heavy atom. The third-order valence-electron chi connectivity index (χ3n) is 2.83.